The molecule has 1 heterocycles. The second-order valence-corrected chi connectivity index (χ2v) is 5.23. The average Bonchev–Trinajstić information content (AvgIpc) is 2.72. The fraction of sp³-hybridized carbons (Fsp3) is 0.467. The molecule has 0 atom stereocenters. The van der Waals surface area contributed by atoms with Gasteiger partial charge in [0.05, 0.1) is 5.56 Å². The Kier molecular flexibility index (Phi) is 4.09. The van der Waals surface area contributed by atoms with Crippen LogP contribution in [-0.4, -0.2) is 11.1 Å². The molecule has 0 aliphatic carbocycles. The van der Waals surface area contributed by atoms with Crippen LogP contribution in [0.3, 0.4) is 0 Å². The van der Waals surface area contributed by atoms with Crippen molar-refractivity contribution in [3.63, 3.8) is 0 Å². The Bertz CT molecular complexity index is 597. The number of halogens is 3. The predicted molar refractivity (Wildman–Crippen MR) is 74.7 cm³/mol. The summed E-state index contributed by atoms with van der Waals surface area (Å²) in [5, 5.41) is 0.278. The highest BCUT2D eigenvalue weighted by atomic mass is 19.4. The second-order valence-electron chi connectivity index (χ2n) is 5.23. The topological polar surface area (TPSA) is 30.9 Å². The van der Waals surface area contributed by atoms with Gasteiger partial charge in [0.1, 0.15) is 0 Å². The zero-order valence-electron chi connectivity index (χ0n) is 11.7. The molecule has 110 valence electrons. The van der Waals surface area contributed by atoms with E-state index >= 15 is 0 Å². The molecule has 0 aliphatic heterocycles. The van der Waals surface area contributed by atoms with Crippen LogP contribution in [0, 0.1) is 0 Å². The summed E-state index contributed by atoms with van der Waals surface area (Å²) in [7, 11) is 0. The zero-order chi connectivity index (χ0) is 14.9. The van der Waals surface area contributed by atoms with Crippen molar-refractivity contribution in [3.8, 4) is 0 Å². The maximum absolute atomic E-state index is 13.1. The normalized spacial score (nSPS) is 12.6. The van der Waals surface area contributed by atoms with Crippen LogP contribution in [0.2, 0.25) is 0 Å². The molecule has 0 radical (unpaired) electrons. The van der Waals surface area contributed by atoms with E-state index < -0.39 is 11.7 Å². The van der Waals surface area contributed by atoms with Gasteiger partial charge in [0, 0.05) is 22.6 Å². The van der Waals surface area contributed by atoms with Gasteiger partial charge >= 0.3 is 6.18 Å². The Morgan fingerprint density at radius 1 is 1.25 bits per heavy atom. The number of benzene rings is 1. The third-order valence-corrected chi connectivity index (χ3v) is 3.42. The SMILES string of the molecule is CC(C)n1c(CCCN)cc2c(C(F)(F)F)cccc21. The Balaban J connectivity index is 2.66. The number of aromatic nitrogens is 1. The van der Waals surface area contributed by atoms with Crippen molar-refractivity contribution in [1.29, 1.82) is 0 Å². The van der Waals surface area contributed by atoms with Gasteiger partial charge in [0.25, 0.3) is 0 Å². The Hall–Kier alpha value is -1.49. The minimum absolute atomic E-state index is 0.115. The van der Waals surface area contributed by atoms with Crippen molar-refractivity contribution in [2.75, 3.05) is 6.54 Å². The summed E-state index contributed by atoms with van der Waals surface area (Å²) >= 11 is 0. The third kappa shape index (κ3) is 2.68. The van der Waals surface area contributed by atoms with Gasteiger partial charge in [-0.2, -0.15) is 13.2 Å². The average molecular weight is 284 g/mol. The van der Waals surface area contributed by atoms with Crippen LogP contribution >= 0.6 is 0 Å². The molecule has 1 aromatic carbocycles. The Labute approximate surface area is 116 Å². The third-order valence-electron chi connectivity index (χ3n) is 3.42. The van der Waals surface area contributed by atoms with Crippen LogP contribution in [0.1, 0.15) is 37.6 Å². The number of aryl methyl sites for hydroxylation is 1. The molecule has 0 bridgehead atoms. The highest BCUT2D eigenvalue weighted by Crippen LogP contribution is 2.37. The summed E-state index contributed by atoms with van der Waals surface area (Å²) < 4.78 is 41.2. The van der Waals surface area contributed by atoms with E-state index in [-0.39, 0.29) is 11.4 Å². The molecule has 0 fully saturated rings. The van der Waals surface area contributed by atoms with Crippen molar-refractivity contribution in [2.24, 2.45) is 5.73 Å². The largest absolute Gasteiger partial charge is 0.417 e. The van der Waals surface area contributed by atoms with E-state index in [2.05, 4.69) is 0 Å². The molecule has 2 N–H and O–H groups in total. The molecule has 20 heavy (non-hydrogen) atoms. The van der Waals surface area contributed by atoms with Crippen LogP contribution in [0.4, 0.5) is 13.2 Å². The van der Waals surface area contributed by atoms with Crippen molar-refractivity contribution >= 4 is 10.9 Å². The Morgan fingerprint density at radius 2 is 1.95 bits per heavy atom. The van der Waals surface area contributed by atoms with Crippen LogP contribution in [0.15, 0.2) is 24.3 Å². The lowest BCUT2D eigenvalue weighted by atomic mass is 10.1. The van der Waals surface area contributed by atoms with E-state index in [1.54, 1.807) is 12.1 Å². The fourth-order valence-corrected chi connectivity index (χ4v) is 2.64. The van der Waals surface area contributed by atoms with Crippen molar-refractivity contribution in [1.82, 2.24) is 4.57 Å². The molecular weight excluding hydrogens is 265 g/mol. The number of rotatable bonds is 4. The first-order chi connectivity index (χ1) is 9.36. The fourth-order valence-electron chi connectivity index (χ4n) is 2.64. The first kappa shape index (κ1) is 14.9. The van der Waals surface area contributed by atoms with Crippen LogP contribution in [0.25, 0.3) is 10.9 Å². The molecular formula is C15H19F3N2. The number of fused-ring (bicyclic) bond motifs is 1. The molecule has 1 aromatic heterocycles. The molecule has 0 saturated heterocycles. The van der Waals surface area contributed by atoms with Crippen LogP contribution < -0.4 is 5.73 Å². The monoisotopic (exact) mass is 284 g/mol. The van der Waals surface area contributed by atoms with E-state index in [0.717, 1.165) is 18.2 Å². The van der Waals surface area contributed by atoms with E-state index in [9.17, 15) is 13.2 Å². The van der Waals surface area contributed by atoms with Gasteiger partial charge in [0.15, 0.2) is 0 Å². The van der Waals surface area contributed by atoms with Gasteiger partial charge in [-0.25, -0.2) is 0 Å². The van der Waals surface area contributed by atoms with E-state index in [0.29, 0.717) is 18.5 Å². The highest BCUT2D eigenvalue weighted by Gasteiger charge is 2.33. The summed E-state index contributed by atoms with van der Waals surface area (Å²) in [6.07, 6.45) is -2.86. The van der Waals surface area contributed by atoms with Gasteiger partial charge in [-0.1, -0.05) is 6.07 Å². The molecule has 0 aliphatic rings. The highest BCUT2D eigenvalue weighted by molar-refractivity contribution is 5.85. The summed E-state index contributed by atoms with van der Waals surface area (Å²) in [5.74, 6) is 0. The van der Waals surface area contributed by atoms with Crippen LogP contribution in [-0.2, 0) is 12.6 Å². The number of nitrogens with two attached hydrogens (primary N) is 1. The summed E-state index contributed by atoms with van der Waals surface area (Å²) in [4.78, 5) is 0. The summed E-state index contributed by atoms with van der Waals surface area (Å²) in [6, 6.07) is 6.13. The number of hydrogen-bond donors (Lipinski definition) is 1. The van der Waals surface area contributed by atoms with Crippen molar-refractivity contribution in [3.05, 3.63) is 35.5 Å². The predicted octanol–water partition coefficient (Wildman–Crippen LogP) is 4.13. The maximum atomic E-state index is 13.1. The van der Waals surface area contributed by atoms with Gasteiger partial charge in [-0.05, 0) is 51.4 Å². The molecule has 5 heteroatoms. The molecule has 0 unspecified atom stereocenters. The number of nitrogens with zero attached hydrogens (tertiary/aromatic N) is 1. The first-order valence-corrected chi connectivity index (χ1v) is 6.76. The lowest BCUT2D eigenvalue weighted by molar-refractivity contribution is -0.136. The molecule has 2 rings (SSSR count). The number of hydrogen-bond acceptors (Lipinski definition) is 1. The van der Waals surface area contributed by atoms with E-state index in [1.807, 2.05) is 18.4 Å². The molecule has 2 aromatic rings. The quantitative estimate of drug-likeness (QED) is 0.899. The van der Waals surface area contributed by atoms with Crippen LogP contribution in [0.5, 0.6) is 0 Å². The standard InChI is InChI=1S/C15H19F3N2/c1-10(2)20-11(5-4-8-19)9-12-13(15(16,17)18)6-3-7-14(12)20/h3,6-7,9-10H,4-5,8,19H2,1-2H3. The first-order valence-electron chi connectivity index (χ1n) is 6.76. The summed E-state index contributed by atoms with van der Waals surface area (Å²) in [5.41, 5.74) is 6.50. The minimum atomic E-state index is -4.33. The Morgan fingerprint density at radius 3 is 2.50 bits per heavy atom. The smallest absolute Gasteiger partial charge is 0.342 e. The van der Waals surface area contributed by atoms with Gasteiger partial charge in [-0.15, -0.1) is 0 Å². The molecule has 0 spiro atoms. The van der Waals surface area contributed by atoms with E-state index in [4.69, 9.17) is 5.73 Å². The lowest BCUT2D eigenvalue weighted by Gasteiger charge is -2.15. The minimum Gasteiger partial charge on any atom is -0.342 e. The van der Waals surface area contributed by atoms with Crippen molar-refractivity contribution in [2.45, 2.75) is 38.9 Å². The van der Waals surface area contributed by atoms with Gasteiger partial charge < -0.3 is 10.3 Å². The molecule has 2 nitrogen and oxygen atoms in total. The number of alkyl halides is 3. The summed E-state index contributed by atoms with van der Waals surface area (Å²) in [6.45, 7) is 4.49. The zero-order valence-corrected chi connectivity index (χ0v) is 11.7. The molecule has 0 amide bonds. The van der Waals surface area contributed by atoms with Gasteiger partial charge in [0.2, 0.25) is 0 Å². The van der Waals surface area contributed by atoms with Crippen molar-refractivity contribution < 1.29 is 13.2 Å². The molecule has 0 saturated carbocycles. The second kappa shape index (κ2) is 5.48. The van der Waals surface area contributed by atoms with Gasteiger partial charge in [-0.3, -0.25) is 0 Å². The lowest BCUT2D eigenvalue weighted by Crippen LogP contribution is -2.08. The van der Waals surface area contributed by atoms with E-state index in [1.165, 1.54) is 6.07 Å². The maximum Gasteiger partial charge on any atom is 0.417 e.